The van der Waals surface area contributed by atoms with Crippen LogP contribution in [0.25, 0.3) is 0 Å². The molecule has 1 fully saturated rings. The average Bonchev–Trinajstić information content (AvgIpc) is 2.47. The lowest BCUT2D eigenvalue weighted by Crippen LogP contribution is -2.41. The Morgan fingerprint density at radius 1 is 1.06 bits per heavy atom. The monoisotopic (exact) mass is 328 g/mol. The van der Waals surface area contributed by atoms with E-state index < -0.39 is 0 Å². The maximum Gasteiger partial charge on any atom is 0.494 e. The van der Waals surface area contributed by atoms with Crippen LogP contribution in [0.15, 0.2) is 27.6 Å². The second-order valence-electron chi connectivity index (χ2n) is 5.51. The maximum atomic E-state index is 6.05. The number of hydrogen-bond acceptors (Lipinski definition) is 3. The normalized spacial score (nSPS) is 21.3. The van der Waals surface area contributed by atoms with Crippen molar-refractivity contribution in [2.75, 3.05) is 6.26 Å². The Balaban J connectivity index is 2.32. The fourth-order valence-corrected chi connectivity index (χ4v) is 2.98. The third kappa shape index (κ3) is 2.64. The van der Waals surface area contributed by atoms with Gasteiger partial charge in [-0.2, -0.15) is 0 Å². The van der Waals surface area contributed by atoms with Gasteiger partial charge in [-0.1, -0.05) is 15.9 Å². The summed E-state index contributed by atoms with van der Waals surface area (Å²) in [6.07, 6.45) is 2.07. The van der Waals surface area contributed by atoms with Crippen LogP contribution in [0.1, 0.15) is 27.7 Å². The summed E-state index contributed by atoms with van der Waals surface area (Å²) in [5, 5.41) is 0. The standard InChI is InChI=1S/C13H18BBrO2S/c1-12(2)13(3,4)17-14(16-12)9-6-10(15)8-11(7-9)18-5/h6-8H,1-5H3. The van der Waals surface area contributed by atoms with E-state index in [1.807, 2.05) is 0 Å². The number of halogens is 1. The Kier molecular flexibility index (Phi) is 3.90. The van der Waals surface area contributed by atoms with Gasteiger partial charge in [0.15, 0.2) is 0 Å². The zero-order valence-electron chi connectivity index (χ0n) is 11.4. The summed E-state index contributed by atoms with van der Waals surface area (Å²) in [5.41, 5.74) is 0.478. The molecule has 1 heterocycles. The molecule has 1 saturated heterocycles. The second kappa shape index (κ2) is 4.86. The van der Waals surface area contributed by atoms with Gasteiger partial charge < -0.3 is 9.31 Å². The summed E-state index contributed by atoms with van der Waals surface area (Å²) in [6.45, 7) is 8.28. The zero-order valence-corrected chi connectivity index (χ0v) is 13.8. The van der Waals surface area contributed by atoms with Gasteiger partial charge in [0.2, 0.25) is 0 Å². The van der Waals surface area contributed by atoms with Gasteiger partial charge in [-0.15, -0.1) is 11.8 Å². The minimum atomic E-state index is -0.293. The lowest BCUT2D eigenvalue weighted by Gasteiger charge is -2.32. The van der Waals surface area contributed by atoms with Crippen molar-refractivity contribution < 1.29 is 9.31 Å². The highest BCUT2D eigenvalue weighted by atomic mass is 79.9. The summed E-state index contributed by atoms with van der Waals surface area (Å²) in [4.78, 5) is 1.20. The third-order valence-corrected chi connectivity index (χ3v) is 4.82. The predicted octanol–water partition coefficient (Wildman–Crippen LogP) is 3.47. The fourth-order valence-electron chi connectivity index (χ4n) is 1.82. The number of thioether (sulfide) groups is 1. The maximum absolute atomic E-state index is 6.05. The van der Waals surface area contributed by atoms with Crippen LogP contribution >= 0.6 is 27.7 Å². The average molecular weight is 329 g/mol. The fraction of sp³-hybridized carbons (Fsp3) is 0.538. The van der Waals surface area contributed by atoms with E-state index in [1.165, 1.54) is 4.90 Å². The molecule has 0 bridgehead atoms. The highest BCUT2D eigenvalue weighted by Gasteiger charge is 2.51. The van der Waals surface area contributed by atoms with Crippen molar-refractivity contribution in [2.45, 2.75) is 43.8 Å². The van der Waals surface area contributed by atoms with Crippen molar-refractivity contribution in [3.8, 4) is 0 Å². The van der Waals surface area contributed by atoms with Crippen molar-refractivity contribution in [1.82, 2.24) is 0 Å². The van der Waals surface area contributed by atoms with E-state index in [-0.39, 0.29) is 18.3 Å². The van der Waals surface area contributed by atoms with E-state index in [0.717, 1.165) is 9.94 Å². The first-order chi connectivity index (χ1) is 8.25. The Labute approximate surface area is 122 Å². The topological polar surface area (TPSA) is 18.5 Å². The van der Waals surface area contributed by atoms with Gasteiger partial charge in [-0.3, -0.25) is 0 Å². The van der Waals surface area contributed by atoms with Crippen LogP contribution in [0.2, 0.25) is 0 Å². The van der Waals surface area contributed by atoms with Crippen LogP contribution < -0.4 is 5.46 Å². The van der Waals surface area contributed by atoms with Crippen LogP contribution in [0.4, 0.5) is 0 Å². The number of benzene rings is 1. The molecule has 1 aromatic carbocycles. The highest BCUT2D eigenvalue weighted by molar-refractivity contribution is 9.10. The summed E-state index contributed by atoms with van der Waals surface area (Å²) in [6, 6.07) is 6.28. The molecular weight excluding hydrogens is 311 g/mol. The van der Waals surface area contributed by atoms with Crippen LogP contribution in [-0.4, -0.2) is 24.6 Å². The Morgan fingerprint density at radius 3 is 2.11 bits per heavy atom. The van der Waals surface area contributed by atoms with Gasteiger partial charge >= 0.3 is 7.12 Å². The molecule has 18 heavy (non-hydrogen) atoms. The lowest BCUT2D eigenvalue weighted by molar-refractivity contribution is 0.00578. The summed E-state index contributed by atoms with van der Waals surface area (Å²) >= 11 is 5.25. The quantitative estimate of drug-likeness (QED) is 0.611. The molecule has 0 N–H and O–H groups in total. The first-order valence-electron chi connectivity index (χ1n) is 5.95. The van der Waals surface area contributed by atoms with Gasteiger partial charge in [-0.05, 0) is 57.6 Å². The predicted molar refractivity (Wildman–Crippen MR) is 81.6 cm³/mol. The molecule has 0 aromatic heterocycles. The smallest absolute Gasteiger partial charge is 0.399 e. The highest BCUT2D eigenvalue weighted by Crippen LogP contribution is 2.36. The molecular formula is C13H18BBrO2S. The van der Waals surface area contributed by atoms with Gasteiger partial charge in [0.1, 0.15) is 0 Å². The molecule has 0 spiro atoms. The Morgan fingerprint density at radius 2 is 1.61 bits per heavy atom. The minimum absolute atomic E-state index is 0.292. The molecule has 2 nitrogen and oxygen atoms in total. The number of rotatable bonds is 2. The van der Waals surface area contributed by atoms with Gasteiger partial charge in [0.25, 0.3) is 0 Å². The van der Waals surface area contributed by atoms with Crippen molar-refractivity contribution in [3.63, 3.8) is 0 Å². The molecule has 0 amide bonds. The SMILES string of the molecule is CSc1cc(Br)cc(B2OC(C)(C)C(C)(C)O2)c1. The first-order valence-corrected chi connectivity index (χ1v) is 7.97. The zero-order chi connectivity index (χ0) is 13.6. The van der Waals surface area contributed by atoms with Crippen molar-refractivity contribution in [3.05, 3.63) is 22.7 Å². The molecule has 0 radical (unpaired) electrons. The molecule has 0 saturated carbocycles. The molecule has 0 unspecified atom stereocenters. The van der Waals surface area contributed by atoms with E-state index in [1.54, 1.807) is 11.8 Å². The molecule has 1 aliphatic heterocycles. The van der Waals surface area contributed by atoms with Crippen LogP contribution in [0.3, 0.4) is 0 Å². The lowest BCUT2D eigenvalue weighted by atomic mass is 9.79. The van der Waals surface area contributed by atoms with Crippen LogP contribution in [-0.2, 0) is 9.31 Å². The first kappa shape index (κ1) is 14.4. The largest absolute Gasteiger partial charge is 0.494 e. The third-order valence-electron chi connectivity index (χ3n) is 3.65. The van der Waals surface area contributed by atoms with E-state index in [2.05, 4.69) is 68.1 Å². The minimum Gasteiger partial charge on any atom is -0.399 e. The summed E-state index contributed by atoms with van der Waals surface area (Å²) in [7, 11) is -0.293. The van der Waals surface area contributed by atoms with Crippen molar-refractivity contribution in [2.24, 2.45) is 0 Å². The molecule has 1 aromatic rings. The summed E-state index contributed by atoms with van der Waals surface area (Å²) < 4.78 is 13.2. The summed E-state index contributed by atoms with van der Waals surface area (Å²) in [5.74, 6) is 0. The molecule has 0 atom stereocenters. The molecule has 5 heteroatoms. The number of hydrogen-bond donors (Lipinski definition) is 0. The van der Waals surface area contributed by atoms with Gasteiger partial charge in [-0.25, -0.2) is 0 Å². The van der Waals surface area contributed by atoms with E-state index in [4.69, 9.17) is 9.31 Å². The van der Waals surface area contributed by atoms with Crippen LogP contribution in [0, 0.1) is 0 Å². The van der Waals surface area contributed by atoms with Crippen molar-refractivity contribution >= 4 is 40.3 Å². The molecule has 98 valence electrons. The van der Waals surface area contributed by atoms with Crippen LogP contribution in [0.5, 0.6) is 0 Å². The molecule has 0 aliphatic carbocycles. The molecule has 2 rings (SSSR count). The van der Waals surface area contributed by atoms with E-state index in [0.29, 0.717) is 0 Å². The Hall–Kier alpha value is 0.0349. The van der Waals surface area contributed by atoms with Crippen molar-refractivity contribution in [1.29, 1.82) is 0 Å². The molecule has 1 aliphatic rings. The van der Waals surface area contributed by atoms with E-state index in [9.17, 15) is 0 Å². The Bertz CT molecular complexity index is 446. The van der Waals surface area contributed by atoms with Gasteiger partial charge in [0.05, 0.1) is 11.2 Å². The second-order valence-corrected chi connectivity index (χ2v) is 7.31. The van der Waals surface area contributed by atoms with E-state index >= 15 is 0 Å². The van der Waals surface area contributed by atoms with Gasteiger partial charge in [0, 0.05) is 9.37 Å².